The van der Waals surface area contributed by atoms with Crippen molar-refractivity contribution in [3.8, 4) is 0 Å². The number of likely N-dealkylation sites (tertiary alicyclic amines) is 1. The number of fused-ring (bicyclic) bond motifs is 1. The fourth-order valence-corrected chi connectivity index (χ4v) is 7.35. The summed E-state index contributed by atoms with van der Waals surface area (Å²) in [5.41, 5.74) is 3.05. The number of nitrogens with zero attached hydrogens (tertiary/aromatic N) is 5. The van der Waals surface area contributed by atoms with Gasteiger partial charge in [-0.15, -0.1) is 11.3 Å². The third-order valence-corrected chi connectivity index (χ3v) is 9.93. The molecule has 2 fully saturated rings. The highest BCUT2D eigenvalue weighted by Gasteiger charge is 2.26. The Morgan fingerprint density at radius 1 is 0.974 bits per heavy atom. The molecule has 0 radical (unpaired) electrons. The molecule has 7 nitrogen and oxygen atoms in total. The van der Waals surface area contributed by atoms with Crippen molar-refractivity contribution in [3.63, 3.8) is 0 Å². The van der Waals surface area contributed by atoms with Crippen LogP contribution in [0.3, 0.4) is 0 Å². The highest BCUT2D eigenvalue weighted by Crippen LogP contribution is 2.26. The van der Waals surface area contributed by atoms with E-state index in [9.17, 15) is 9.59 Å². The molecule has 39 heavy (non-hydrogen) atoms. The van der Waals surface area contributed by atoms with E-state index < -0.39 is 0 Å². The lowest BCUT2D eigenvalue weighted by molar-refractivity contribution is 0.103. The highest BCUT2D eigenvalue weighted by atomic mass is 32.2. The van der Waals surface area contributed by atoms with Crippen LogP contribution in [0.15, 0.2) is 64.0 Å². The fourth-order valence-electron chi connectivity index (χ4n) is 5.61. The number of pyridine rings is 1. The number of anilines is 1. The molecule has 9 heteroatoms. The average molecular weight is 560 g/mol. The number of carbonyl (C=O) groups excluding carboxylic acids is 1. The van der Waals surface area contributed by atoms with E-state index in [4.69, 9.17) is 0 Å². The molecule has 3 aromatic heterocycles. The van der Waals surface area contributed by atoms with Crippen molar-refractivity contribution in [1.82, 2.24) is 19.4 Å². The standard InChI is InChI=1S/C30H33N5O2S2/c1-33-29(37)28-25(13-18-38-28)32-30(33)39-20-21-5-7-22(8-6-21)27(36)23-9-10-26(31-19-23)35-16-11-24(12-17-35)34-14-3-2-4-15-34/h5-10,13,18-19,24H,2-4,11-12,14-17,20H2,1H3. The Morgan fingerprint density at radius 2 is 1.72 bits per heavy atom. The molecule has 0 bridgehead atoms. The van der Waals surface area contributed by atoms with Gasteiger partial charge in [0.1, 0.15) is 10.5 Å². The van der Waals surface area contributed by atoms with Gasteiger partial charge in [-0.05, 0) is 67.9 Å². The van der Waals surface area contributed by atoms with Gasteiger partial charge in [0.05, 0.1) is 5.52 Å². The number of carbonyl (C=O) groups is 1. The zero-order chi connectivity index (χ0) is 26.8. The third-order valence-electron chi connectivity index (χ3n) is 7.94. The fraction of sp³-hybridized carbons (Fsp3) is 0.400. The summed E-state index contributed by atoms with van der Waals surface area (Å²) in [6.07, 6.45) is 8.13. The smallest absolute Gasteiger partial charge is 0.271 e. The van der Waals surface area contributed by atoms with E-state index in [1.165, 1.54) is 68.3 Å². The van der Waals surface area contributed by atoms with Crippen LogP contribution in [0.4, 0.5) is 5.82 Å². The van der Waals surface area contributed by atoms with E-state index in [1.54, 1.807) is 17.8 Å². The largest absolute Gasteiger partial charge is 0.357 e. The van der Waals surface area contributed by atoms with Crippen molar-refractivity contribution >= 4 is 44.9 Å². The van der Waals surface area contributed by atoms with Gasteiger partial charge in [-0.25, -0.2) is 9.97 Å². The first-order valence-corrected chi connectivity index (χ1v) is 15.6. The van der Waals surface area contributed by atoms with E-state index in [0.29, 0.717) is 32.8 Å². The molecular formula is C30H33N5O2S2. The van der Waals surface area contributed by atoms with Crippen LogP contribution in [0.2, 0.25) is 0 Å². The molecule has 4 aromatic rings. The van der Waals surface area contributed by atoms with Crippen LogP contribution in [0, 0.1) is 0 Å². The first-order valence-electron chi connectivity index (χ1n) is 13.7. The minimum atomic E-state index is -0.0240. The van der Waals surface area contributed by atoms with E-state index >= 15 is 0 Å². The first kappa shape index (κ1) is 26.2. The van der Waals surface area contributed by atoms with Gasteiger partial charge in [-0.1, -0.05) is 42.4 Å². The van der Waals surface area contributed by atoms with Gasteiger partial charge in [-0.3, -0.25) is 14.2 Å². The Hall–Kier alpha value is -3.01. The van der Waals surface area contributed by atoms with Crippen LogP contribution in [0.5, 0.6) is 0 Å². The number of thiophene rings is 1. The Bertz CT molecular complexity index is 1500. The number of hydrogen-bond donors (Lipinski definition) is 0. The lowest BCUT2D eigenvalue weighted by Gasteiger charge is -2.40. The second kappa shape index (κ2) is 11.6. The molecule has 0 spiro atoms. The van der Waals surface area contributed by atoms with Crippen LogP contribution in [-0.2, 0) is 12.8 Å². The van der Waals surface area contributed by atoms with Gasteiger partial charge in [0, 0.05) is 49.3 Å². The van der Waals surface area contributed by atoms with Crippen molar-refractivity contribution in [2.75, 3.05) is 31.1 Å². The normalized spacial score (nSPS) is 17.1. The SMILES string of the molecule is Cn1c(SCc2ccc(C(=O)c3ccc(N4CCC(N5CCCCC5)CC4)nc3)cc2)nc2ccsc2c1=O. The Labute approximate surface area is 236 Å². The lowest BCUT2D eigenvalue weighted by atomic mass is 10.00. The molecule has 2 aliphatic heterocycles. The predicted octanol–water partition coefficient (Wildman–Crippen LogP) is 5.37. The summed E-state index contributed by atoms with van der Waals surface area (Å²) in [6.45, 7) is 4.55. The van der Waals surface area contributed by atoms with Gasteiger partial charge in [-0.2, -0.15) is 0 Å². The zero-order valence-corrected chi connectivity index (χ0v) is 23.8. The Balaban J connectivity index is 1.05. The number of aromatic nitrogens is 3. The van der Waals surface area contributed by atoms with E-state index in [2.05, 4.69) is 19.8 Å². The molecule has 5 heterocycles. The number of benzene rings is 1. The lowest BCUT2D eigenvalue weighted by Crippen LogP contribution is -2.46. The minimum Gasteiger partial charge on any atom is -0.357 e. The van der Waals surface area contributed by atoms with Gasteiger partial charge in [0.25, 0.3) is 5.56 Å². The molecule has 0 saturated carbocycles. The van der Waals surface area contributed by atoms with E-state index in [1.807, 2.05) is 47.8 Å². The Kier molecular flexibility index (Phi) is 7.81. The number of piperidine rings is 2. The van der Waals surface area contributed by atoms with Gasteiger partial charge < -0.3 is 9.80 Å². The van der Waals surface area contributed by atoms with Crippen LogP contribution >= 0.6 is 23.1 Å². The van der Waals surface area contributed by atoms with Crippen LogP contribution in [-0.4, -0.2) is 57.4 Å². The molecular weight excluding hydrogens is 526 g/mol. The van der Waals surface area contributed by atoms with Crippen molar-refractivity contribution < 1.29 is 4.79 Å². The summed E-state index contributed by atoms with van der Waals surface area (Å²) in [4.78, 5) is 40.0. The molecule has 202 valence electrons. The molecule has 1 aromatic carbocycles. The summed E-state index contributed by atoms with van der Waals surface area (Å²) in [5, 5.41) is 2.58. The molecule has 0 unspecified atom stereocenters. The minimum absolute atomic E-state index is 0.0139. The van der Waals surface area contributed by atoms with Crippen molar-refractivity contribution in [2.45, 2.75) is 49.1 Å². The van der Waals surface area contributed by atoms with Crippen molar-refractivity contribution in [1.29, 1.82) is 0 Å². The maximum atomic E-state index is 13.1. The van der Waals surface area contributed by atoms with E-state index in [-0.39, 0.29) is 11.3 Å². The Morgan fingerprint density at radius 3 is 2.44 bits per heavy atom. The number of hydrogen-bond acceptors (Lipinski definition) is 8. The molecule has 2 aliphatic rings. The summed E-state index contributed by atoms with van der Waals surface area (Å²) >= 11 is 2.94. The number of ketones is 1. The van der Waals surface area contributed by atoms with Crippen LogP contribution in [0.25, 0.3) is 10.2 Å². The van der Waals surface area contributed by atoms with Gasteiger partial charge in [0.2, 0.25) is 0 Å². The third kappa shape index (κ3) is 5.66. The zero-order valence-electron chi connectivity index (χ0n) is 22.2. The number of rotatable bonds is 7. The second-order valence-electron chi connectivity index (χ2n) is 10.4. The molecule has 0 atom stereocenters. The molecule has 6 rings (SSSR count). The summed E-state index contributed by atoms with van der Waals surface area (Å²) in [6, 6.07) is 14.1. The van der Waals surface area contributed by atoms with Crippen molar-refractivity contribution in [2.24, 2.45) is 7.05 Å². The first-order chi connectivity index (χ1) is 19.1. The van der Waals surface area contributed by atoms with Crippen LogP contribution in [0.1, 0.15) is 53.6 Å². The van der Waals surface area contributed by atoms with Gasteiger partial charge in [0.15, 0.2) is 10.9 Å². The van der Waals surface area contributed by atoms with E-state index in [0.717, 1.165) is 30.0 Å². The molecule has 0 N–H and O–H groups in total. The maximum Gasteiger partial charge on any atom is 0.271 e. The summed E-state index contributed by atoms with van der Waals surface area (Å²) in [7, 11) is 1.76. The highest BCUT2D eigenvalue weighted by molar-refractivity contribution is 7.98. The molecule has 0 amide bonds. The van der Waals surface area contributed by atoms with Crippen LogP contribution < -0.4 is 10.5 Å². The second-order valence-corrected chi connectivity index (χ2v) is 12.3. The molecule has 0 aliphatic carbocycles. The quantitative estimate of drug-likeness (QED) is 0.171. The monoisotopic (exact) mass is 559 g/mol. The number of thioether (sulfide) groups is 1. The maximum absolute atomic E-state index is 13.1. The summed E-state index contributed by atoms with van der Waals surface area (Å²) in [5.74, 6) is 1.60. The van der Waals surface area contributed by atoms with Gasteiger partial charge >= 0.3 is 0 Å². The average Bonchev–Trinajstić information content (AvgIpc) is 3.48. The van der Waals surface area contributed by atoms with Crippen molar-refractivity contribution in [3.05, 3.63) is 81.1 Å². The molecule has 2 saturated heterocycles. The predicted molar refractivity (Wildman–Crippen MR) is 159 cm³/mol. The summed E-state index contributed by atoms with van der Waals surface area (Å²) < 4.78 is 2.29. The topological polar surface area (TPSA) is 71.3 Å².